The van der Waals surface area contributed by atoms with E-state index >= 15 is 0 Å². The predicted octanol–water partition coefficient (Wildman–Crippen LogP) is 2.84. The molecule has 1 aromatic carbocycles. The summed E-state index contributed by atoms with van der Waals surface area (Å²) in [6.07, 6.45) is 3.02. The highest BCUT2D eigenvalue weighted by Crippen LogP contribution is 2.14. The Labute approximate surface area is 114 Å². The molecule has 0 aliphatic heterocycles. The lowest BCUT2D eigenvalue weighted by atomic mass is 10.1. The summed E-state index contributed by atoms with van der Waals surface area (Å²) < 4.78 is 2.82. The Morgan fingerprint density at radius 2 is 2.12 bits per heavy atom. The molecule has 88 valence electrons. The Morgan fingerprint density at radius 3 is 2.76 bits per heavy atom. The highest BCUT2D eigenvalue weighted by Gasteiger charge is 2.10. The molecule has 4 heteroatoms. The monoisotopic (exact) mass is 340 g/mol. The zero-order valence-corrected chi connectivity index (χ0v) is 11.7. The maximum atomic E-state index is 12.0. The SMILES string of the molecule is Cn1nccc1CCC(=O)c1ccccc1I. The number of ketones is 1. The average molecular weight is 340 g/mol. The number of aryl methyl sites for hydroxylation is 2. The van der Waals surface area contributed by atoms with Crippen molar-refractivity contribution in [1.82, 2.24) is 9.78 Å². The zero-order valence-electron chi connectivity index (χ0n) is 9.56. The van der Waals surface area contributed by atoms with Gasteiger partial charge in [0.25, 0.3) is 0 Å². The van der Waals surface area contributed by atoms with Gasteiger partial charge in [-0.2, -0.15) is 5.10 Å². The van der Waals surface area contributed by atoms with E-state index in [-0.39, 0.29) is 5.78 Å². The molecule has 0 unspecified atom stereocenters. The average Bonchev–Trinajstić information content (AvgIpc) is 2.72. The molecule has 17 heavy (non-hydrogen) atoms. The van der Waals surface area contributed by atoms with Crippen LogP contribution in [-0.4, -0.2) is 15.6 Å². The number of carbonyl (C=O) groups is 1. The molecule has 0 amide bonds. The van der Waals surface area contributed by atoms with Crippen LogP contribution in [0.15, 0.2) is 36.5 Å². The minimum atomic E-state index is 0.191. The van der Waals surface area contributed by atoms with Crippen molar-refractivity contribution in [3.8, 4) is 0 Å². The highest BCUT2D eigenvalue weighted by atomic mass is 127. The normalized spacial score (nSPS) is 10.5. The van der Waals surface area contributed by atoms with Gasteiger partial charge in [-0.25, -0.2) is 0 Å². The summed E-state index contributed by atoms with van der Waals surface area (Å²) in [5, 5.41) is 4.09. The largest absolute Gasteiger partial charge is 0.294 e. The van der Waals surface area contributed by atoms with E-state index in [2.05, 4.69) is 27.7 Å². The van der Waals surface area contributed by atoms with Gasteiger partial charge in [0.05, 0.1) is 0 Å². The molecule has 2 rings (SSSR count). The number of Topliss-reactive ketones (excluding diaryl/α,β-unsaturated/α-hetero) is 1. The molecule has 1 aromatic heterocycles. The Balaban J connectivity index is 2.04. The molecule has 0 bridgehead atoms. The van der Waals surface area contributed by atoms with Gasteiger partial charge in [-0.05, 0) is 41.1 Å². The molecule has 0 aliphatic rings. The Kier molecular flexibility index (Phi) is 3.93. The number of hydrogen-bond acceptors (Lipinski definition) is 2. The van der Waals surface area contributed by atoms with Gasteiger partial charge in [0.1, 0.15) is 0 Å². The third kappa shape index (κ3) is 2.94. The second-order valence-corrected chi connectivity index (χ2v) is 5.01. The van der Waals surface area contributed by atoms with Crippen LogP contribution < -0.4 is 0 Å². The van der Waals surface area contributed by atoms with Crippen molar-refractivity contribution in [1.29, 1.82) is 0 Å². The summed E-state index contributed by atoms with van der Waals surface area (Å²) >= 11 is 2.20. The van der Waals surface area contributed by atoms with E-state index < -0.39 is 0 Å². The third-order valence-electron chi connectivity index (χ3n) is 2.70. The quantitative estimate of drug-likeness (QED) is 0.634. The van der Waals surface area contributed by atoms with Gasteiger partial charge >= 0.3 is 0 Å². The molecular formula is C13H13IN2O. The van der Waals surface area contributed by atoms with Crippen molar-refractivity contribution in [3.63, 3.8) is 0 Å². The van der Waals surface area contributed by atoms with Crippen LogP contribution in [0.5, 0.6) is 0 Å². The first-order valence-corrected chi connectivity index (χ1v) is 6.51. The molecule has 0 spiro atoms. The first-order chi connectivity index (χ1) is 8.18. The van der Waals surface area contributed by atoms with Crippen molar-refractivity contribution in [2.24, 2.45) is 7.05 Å². The van der Waals surface area contributed by atoms with Gasteiger partial charge in [-0.15, -0.1) is 0 Å². The van der Waals surface area contributed by atoms with Crippen molar-refractivity contribution >= 4 is 28.4 Å². The molecule has 0 saturated carbocycles. The lowest BCUT2D eigenvalue weighted by Crippen LogP contribution is -2.06. The van der Waals surface area contributed by atoms with Crippen molar-refractivity contribution in [2.45, 2.75) is 12.8 Å². The van der Waals surface area contributed by atoms with Gasteiger partial charge in [-0.3, -0.25) is 9.48 Å². The number of hydrogen-bond donors (Lipinski definition) is 0. The topological polar surface area (TPSA) is 34.9 Å². The maximum Gasteiger partial charge on any atom is 0.164 e. The molecule has 0 saturated heterocycles. The molecule has 0 N–H and O–H groups in total. The third-order valence-corrected chi connectivity index (χ3v) is 3.65. The van der Waals surface area contributed by atoms with Crippen LogP contribution in [0.25, 0.3) is 0 Å². The Bertz CT molecular complexity index is 534. The van der Waals surface area contributed by atoms with E-state index in [9.17, 15) is 4.79 Å². The zero-order chi connectivity index (χ0) is 12.3. The van der Waals surface area contributed by atoms with Gasteiger partial charge in [0, 0.05) is 34.5 Å². The van der Waals surface area contributed by atoms with Gasteiger partial charge in [0.15, 0.2) is 5.78 Å². The van der Waals surface area contributed by atoms with Crippen molar-refractivity contribution in [2.75, 3.05) is 0 Å². The fourth-order valence-electron chi connectivity index (χ4n) is 1.71. The van der Waals surface area contributed by atoms with Crippen LogP contribution in [0.3, 0.4) is 0 Å². The lowest BCUT2D eigenvalue weighted by Gasteiger charge is -2.04. The second kappa shape index (κ2) is 5.44. The molecule has 0 atom stereocenters. The van der Waals surface area contributed by atoms with Crippen LogP contribution in [-0.2, 0) is 13.5 Å². The van der Waals surface area contributed by atoms with Crippen LogP contribution in [0.2, 0.25) is 0 Å². The van der Waals surface area contributed by atoms with Crippen molar-refractivity contribution < 1.29 is 4.79 Å². The number of benzene rings is 1. The van der Waals surface area contributed by atoms with Crippen LogP contribution in [0.1, 0.15) is 22.5 Å². The van der Waals surface area contributed by atoms with Crippen LogP contribution >= 0.6 is 22.6 Å². The Morgan fingerprint density at radius 1 is 1.35 bits per heavy atom. The fourth-order valence-corrected chi connectivity index (χ4v) is 2.40. The first-order valence-electron chi connectivity index (χ1n) is 5.43. The highest BCUT2D eigenvalue weighted by molar-refractivity contribution is 14.1. The summed E-state index contributed by atoms with van der Waals surface area (Å²) in [6.45, 7) is 0. The van der Waals surface area contributed by atoms with E-state index in [1.54, 1.807) is 6.20 Å². The molecule has 2 aromatic rings. The maximum absolute atomic E-state index is 12.0. The van der Waals surface area contributed by atoms with E-state index in [4.69, 9.17) is 0 Å². The standard InChI is InChI=1S/C13H13IN2O/c1-16-10(8-9-15-16)6-7-13(17)11-4-2-3-5-12(11)14/h2-5,8-9H,6-7H2,1H3. The van der Waals surface area contributed by atoms with Crippen molar-refractivity contribution in [3.05, 3.63) is 51.4 Å². The molecule has 0 radical (unpaired) electrons. The first kappa shape index (κ1) is 12.3. The lowest BCUT2D eigenvalue weighted by molar-refractivity contribution is 0.0981. The minimum Gasteiger partial charge on any atom is -0.294 e. The molecule has 1 heterocycles. The number of halogens is 1. The van der Waals surface area contributed by atoms with E-state index in [0.29, 0.717) is 6.42 Å². The fraction of sp³-hybridized carbons (Fsp3) is 0.231. The van der Waals surface area contributed by atoms with Crippen LogP contribution in [0.4, 0.5) is 0 Å². The number of carbonyl (C=O) groups excluding carboxylic acids is 1. The minimum absolute atomic E-state index is 0.191. The van der Waals surface area contributed by atoms with Crippen LogP contribution in [0, 0.1) is 3.57 Å². The Hall–Kier alpha value is -1.17. The smallest absolute Gasteiger partial charge is 0.164 e. The second-order valence-electron chi connectivity index (χ2n) is 3.85. The molecule has 3 nitrogen and oxygen atoms in total. The molecular weight excluding hydrogens is 327 g/mol. The predicted molar refractivity (Wildman–Crippen MR) is 75.0 cm³/mol. The summed E-state index contributed by atoms with van der Waals surface area (Å²) in [6, 6.07) is 9.63. The number of nitrogens with zero attached hydrogens (tertiary/aromatic N) is 2. The van der Waals surface area contributed by atoms with Gasteiger partial charge < -0.3 is 0 Å². The summed E-state index contributed by atoms with van der Waals surface area (Å²) in [7, 11) is 1.89. The summed E-state index contributed by atoms with van der Waals surface area (Å²) in [5.41, 5.74) is 1.90. The summed E-state index contributed by atoms with van der Waals surface area (Å²) in [4.78, 5) is 12.0. The van der Waals surface area contributed by atoms with E-state index in [1.165, 1.54) is 0 Å². The number of aromatic nitrogens is 2. The number of rotatable bonds is 4. The van der Waals surface area contributed by atoms with Gasteiger partial charge in [0.2, 0.25) is 0 Å². The summed E-state index contributed by atoms with van der Waals surface area (Å²) in [5.74, 6) is 0.191. The van der Waals surface area contributed by atoms with E-state index in [0.717, 1.165) is 21.2 Å². The molecule has 0 aliphatic carbocycles. The van der Waals surface area contributed by atoms with Gasteiger partial charge in [-0.1, -0.05) is 18.2 Å². The van der Waals surface area contributed by atoms with E-state index in [1.807, 2.05) is 42.1 Å². The molecule has 0 fully saturated rings.